The molecule has 0 spiro atoms. The molecule has 82 valence electrons. The highest BCUT2D eigenvalue weighted by atomic mass is 15.3. The van der Waals surface area contributed by atoms with Crippen LogP contribution in [0.25, 0.3) is 10.9 Å². The van der Waals surface area contributed by atoms with Crippen LogP contribution in [0.4, 0.5) is 0 Å². The SMILES string of the molecule is Cc1ccc2c(c1)c(C1=NCCN1)nn2C. The van der Waals surface area contributed by atoms with Crippen molar-refractivity contribution in [3.05, 3.63) is 29.5 Å². The van der Waals surface area contributed by atoms with Gasteiger partial charge >= 0.3 is 0 Å². The molecule has 4 heteroatoms. The van der Waals surface area contributed by atoms with E-state index in [2.05, 4.69) is 40.5 Å². The molecule has 3 rings (SSSR count). The highest BCUT2D eigenvalue weighted by Gasteiger charge is 2.16. The minimum atomic E-state index is 0.846. The molecule has 0 bridgehead atoms. The fourth-order valence-corrected chi connectivity index (χ4v) is 2.11. The summed E-state index contributed by atoms with van der Waals surface area (Å²) >= 11 is 0. The molecule has 4 nitrogen and oxygen atoms in total. The molecular formula is C12H14N4. The first kappa shape index (κ1) is 9.39. The molecule has 1 aliphatic rings. The van der Waals surface area contributed by atoms with Crippen molar-refractivity contribution < 1.29 is 0 Å². The maximum absolute atomic E-state index is 4.54. The standard InChI is InChI=1S/C12H14N4/c1-8-3-4-10-9(7-8)11(15-16(10)2)12-13-5-6-14-12/h3-4,7H,5-6H2,1-2H3,(H,13,14). The molecule has 1 aliphatic heterocycles. The predicted octanol–water partition coefficient (Wildman–Crippen LogP) is 1.23. The van der Waals surface area contributed by atoms with Crippen molar-refractivity contribution in [2.45, 2.75) is 6.92 Å². The van der Waals surface area contributed by atoms with Crippen molar-refractivity contribution >= 4 is 16.7 Å². The molecule has 0 saturated carbocycles. The Bertz CT molecular complexity index is 580. The van der Waals surface area contributed by atoms with E-state index in [1.165, 1.54) is 10.9 Å². The van der Waals surface area contributed by atoms with Gasteiger partial charge in [0.2, 0.25) is 0 Å². The molecular weight excluding hydrogens is 200 g/mol. The number of nitrogens with one attached hydrogen (secondary N) is 1. The van der Waals surface area contributed by atoms with Gasteiger partial charge < -0.3 is 5.32 Å². The largest absolute Gasteiger partial charge is 0.367 e. The van der Waals surface area contributed by atoms with Gasteiger partial charge in [-0.15, -0.1) is 0 Å². The molecule has 2 aromatic rings. The number of rotatable bonds is 1. The Morgan fingerprint density at radius 2 is 2.25 bits per heavy atom. The Morgan fingerprint density at radius 3 is 3.00 bits per heavy atom. The Hall–Kier alpha value is -1.84. The molecule has 0 radical (unpaired) electrons. The summed E-state index contributed by atoms with van der Waals surface area (Å²) in [5, 5.41) is 8.98. The van der Waals surface area contributed by atoms with E-state index in [4.69, 9.17) is 0 Å². The van der Waals surface area contributed by atoms with Crippen molar-refractivity contribution in [1.82, 2.24) is 15.1 Å². The highest BCUT2D eigenvalue weighted by molar-refractivity contribution is 6.08. The Labute approximate surface area is 94.0 Å². The molecule has 2 heterocycles. The third kappa shape index (κ3) is 1.30. The first-order chi connectivity index (χ1) is 7.75. The lowest BCUT2D eigenvalue weighted by Gasteiger charge is -1.98. The van der Waals surface area contributed by atoms with E-state index >= 15 is 0 Å². The molecule has 16 heavy (non-hydrogen) atoms. The Morgan fingerprint density at radius 1 is 1.38 bits per heavy atom. The van der Waals surface area contributed by atoms with Gasteiger partial charge in [-0.2, -0.15) is 5.10 Å². The Kier molecular flexibility index (Phi) is 1.96. The molecule has 1 aromatic heterocycles. The molecule has 0 amide bonds. The van der Waals surface area contributed by atoms with Crippen molar-refractivity contribution in [3.63, 3.8) is 0 Å². The molecule has 1 N–H and O–H groups in total. The van der Waals surface area contributed by atoms with E-state index in [9.17, 15) is 0 Å². The number of aryl methyl sites for hydroxylation is 2. The van der Waals surface area contributed by atoms with Crippen molar-refractivity contribution in [1.29, 1.82) is 0 Å². The minimum Gasteiger partial charge on any atom is -0.367 e. The topological polar surface area (TPSA) is 42.2 Å². The van der Waals surface area contributed by atoms with Crippen LogP contribution in [0.1, 0.15) is 11.3 Å². The lowest BCUT2D eigenvalue weighted by molar-refractivity contribution is 0.791. The number of fused-ring (bicyclic) bond motifs is 1. The normalized spacial score (nSPS) is 15.2. The third-order valence-electron chi connectivity index (χ3n) is 2.90. The average molecular weight is 214 g/mol. The number of hydrogen-bond acceptors (Lipinski definition) is 3. The molecule has 0 unspecified atom stereocenters. The number of nitrogens with zero attached hydrogens (tertiary/aromatic N) is 3. The third-order valence-corrected chi connectivity index (χ3v) is 2.90. The second kappa shape index (κ2) is 3.33. The summed E-state index contributed by atoms with van der Waals surface area (Å²) in [7, 11) is 1.97. The van der Waals surface area contributed by atoms with Crippen LogP contribution in [-0.4, -0.2) is 28.7 Å². The first-order valence-corrected chi connectivity index (χ1v) is 5.48. The van der Waals surface area contributed by atoms with Gasteiger partial charge in [0.25, 0.3) is 0 Å². The summed E-state index contributed by atoms with van der Waals surface area (Å²) in [6.45, 7) is 3.86. The second-order valence-corrected chi connectivity index (χ2v) is 4.15. The lowest BCUT2D eigenvalue weighted by Crippen LogP contribution is -2.20. The van der Waals surface area contributed by atoms with Crippen molar-refractivity contribution in [3.8, 4) is 0 Å². The van der Waals surface area contributed by atoms with Gasteiger partial charge in [-0.05, 0) is 19.1 Å². The fourth-order valence-electron chi connectivity index (χ4n) is 2.11. The molecule has 0 fully saturated rings. The minimum absolute atomic E-state index is 0.846. The van der Waals surface area contributed by atoms with Gasteiger partial charge in [-0.25, -0.2) is 0 Å². The summed E-state index contributed by atoms with van der Waals surface area (Å²) < 4.78 is 1.91. The number of aliphatic imine (C=N–C) groups is 1. The van der Waals surface area contributed by atoms with Gasteiger partial charge in [0.15, 0.2) is 0 Å². The monoisotopic (exact) mass is 214 g/mol. The van der Waals surface area contributed by atoms with Gasteiger partial charge in [0.1, 0.15) is 11.5 Å². The summed E-state index contributed by atoms with van der Waals surface area (Å²) in [6.07, 6.45) is 0. The average Bonchev–Trinajstić information content (AvgIpc) is 2.86. The number of benzene rings is 1. The van der Waals surface area contributed by atoms with Crippen LogP contribution in [0.2, 0.25) is 0 Å². The summed E-state index contributed by atoms with van der Waals surface area (Å²) in [5.41, 5.74) is 3.37. The smallest absolute Gasteiger partial charge is 0.149 e. The zero-order chi connectivity index (χ0) is 11.1. The lowest BCUT2D eigenvalue weighted by atomic mass is 10.1. The zero-order valence-electron chi connectivity index (χ0n) is 9.49. The molecule has 1 aromatic carbocycles. The van der Waals surface area contributed by atoms with Crippen LogP contribution in [0.3, 0.4) is 0 Å². The Balaban J connectivity index is 2.28. The van der Waals surface area contributed by atoms with E-state index in [1.54, 1.807) is 0 Å². The van der Waals surface area contributed by atoms with E-state index in [0.717, 1.165) is 30.1 Å². The summed E-state index contributed by atoms with van der Waals surface area (Å²) in [5.74, 6) is 0.927. The quantitative estimate of drug-likeness (QED) is 0.776. The van der Waals surface area contributed by atoms with Crippen LogP contribution in [0.5, 0.6) is 0 Å². The maximum Gasteiger partial charge on any atom is 0.149 e. The van der Waals surface area contributed by atoms with Gasteiger partial charge in [-0.1, -0.05) is 11.6 Å². The first-order valence-electron chi connectivity index (χ1n) is 5.48. The van der Waals surface area contributed by atoms with Crippen molar-refractivity contribution in [2.24, 2.45) is 12.0 Å². The van der Waals surface area contributed by atoms with Crippen molar-refractivity contribution in [2.75, 3.05) is 13.1 Å². The van der Waals surface area contributed by atoms with E-state index in [-0.39, 0.29) is 0 Å². The van der Waals surface area contributed by atoms with Gasteiger partial charge in [-0.3, -0.25) is 9.67 Å². The van der Waals surface area contributed by atoms with Crippen LogP contribution < -0.4 is 5.32 Å². The number of amidine groups is 1. The van der Waals surface area contributed by atoms with E-state index in [0.29, 0.717) is 0 Å². The summed E-state index contributed by atoms with van der Waals surface area (Å²) in [6, 6.07) is 6.38. The van der Waals surface area contributed by atoms with Crippen LogP contribution in [-0.2, 0) is 7.05 Å². The fraction of sp³-hybridized carbons (Fsp3) is 0.333. The van der Waals surface area contributed by atoms with Crippen LogP contribution in [0, 0.1) is 6.92 Å². The highest BCUT2D eigenvalue weighted by Crippen LogP contribution is 2.20. The van der Waals surface area contributed by atoms with Gasteiger partial charge in [0.05, 0.1) is 12.1 Å². The van der Waals surface area contributed by atoms with E-state index < -0.39 is 0 Å². The number of hydrogen-bond donors (Lipinski definition) is 1. The zero-order valence-corrected chi connectivity index (χ0v) is 9.49. The molecule has 0 aliphatic carbocycles. The van der Waals surface area contributed by atoms with E-state index in [1.807, 2.05) is 11.7 Å². The maximum atomic E-state index is 4.54. The van der Waals surface area contributed by atoms with Crippen LogP contribution >= 0.6 is 0 Å². The molecule has 0 saturated heterocycles. The van der Waals surface area contributed by atoms with Crippen LogP contribution in [0.15, 0.2) is 23.2 Å². The number of aromatic nitrogens is 2. The predicted molar refractivity (Wildman–Crippen MR) is 64.9 cm³/mol. The second-order valence-electron chi connectivity index (χ2n) is 4.15. The summed E-state index contributed by atoms with van der Waals surface area (Å²) in [4.78, 5) is 4.43. The van der Waals surface area contributed by atoms with Gasteiger partial charge in [0, 0.05) is 19.0 Å². The molecule has 0 atom stereocenters.